The van der Waals surface area contributed by atoms with Crippen molar-refractivity contribution in [2.45, 2.75) is 109 Å². The van der Waals surface area contributed by atoms with Crippen LogP contribution < -0.4 is 9.64 Å². The van der Waals surface area contributed by atoms with E-state index in [-0.39, 0.29) is 40.4 Å². The first-order chi connectivity index (χ1) is 21.9. The molecule has 8 heteroatoms. The molecule has 0 atom stereocenters. The molecule has 4 fully saturated rings. The number of carboxylic acid groups (broad SMARTS) is 1. The van der Waals surface area contributed by atoms with Gasteiger partial charge in [-0.25, -0.2) is 9.97 Å². The molecule has 246 valence electrons. The number of carboxylic acids is 1. The molecule has 1 amide bonds. The Bertz CT molecular complexity index is 1560. The minimum atomic E-state index is -0.746. The Hall–Kier alpha value is -3.26. The van der Waals surface area contributed by atoms with Crippen molar-refractivity contribution in [3.05, 3.63) is 58.9 Å². The Morgan fingerprint density at radius 3 is 2.28 bits per heavy atom. The van der Waals surface area contributed by atoms with E-state index < -0.39 is 5.97 Å². The van der Waals surface area contributed by atoms with Gasteiger partial charge in [0.25, 0.3) is 0 Å². The third-order valence-electron chi connectivity index (χ3n) is 11.3. The van der Waals surface area contributed by atoms with Crippen LogP contribution in [-0.2, 0) is 20.4 Å². The van der Waals surface area contributed by atoms with Gasteiger partial charge in [-0.15, -0.1) is 11.3 Å². The van der Waals surface area contributed by atoms with Gasteiger partial charge in [0.2, 0.25) is 5.91 Å². The van der Waals surface area contributed by atoms with Crippen molar-refractivity contribution < 1.29 is 19.4 Å². The number of carbonyl (C=O) groups is 2. The molecule has 1 N–H and O–H groups in total. The second kappa shape index (κ2) is 12.7. The Balaban J connectivity index is 1.26. The van der Waals surface area contributed by atoms with Crippen LogP contribution in [0.2, 0.25) is 0 Å². The average molecular weight is 644 g/mol. The number of thiazole rings is 1. The molecular formula is C38H49N3O4S. The number of nitrogens with zero attached hydrogens (tertiary/aromatic N) is 3. The first kappa shape index (κ1) is 32.7. The number of carbonyl (C=O) groups excluding carboxylic acids is 1. The van der Waals surface area contributed by atoms with E-state index in [0.717, 1.165) is 91.2 Å². The number of rotatable bonds is 9. The lowest BCUT2D eigenvalue weighted by Gasteiger charge is -2.55. The summed E-state index contributed by atoms with van der Waals surface area (Å²) < 4.78 is 5.54. The normalized spacial score (nSPS) is 26.1. The highest BCUT2D eigenvalue weighted by atomic mass is 32.1. The Morgan fingerprint density at radius 1 is 1.00 bits per heavy atom. The zero-order valence-corrected chi connectivity index (χ0v) is 28.9. The van der Waals surface area contributed by atoms with Crippen LogP contribution in [0.1, 0.15) is 108 Å². The number of benzene rings is 1. The summed E-state index contributed by atoms with van der Waals surface area (Å²) in [5.41, 5.74) is 3.90. The number of hydrogen-bond donors (Lipinski definition) is 1. The third kappa shape index (κ3) is 6.60. The molecule has 0 spiro atoms. The maximum absolute atomic E-state index is 14.5. The highest BCUT2D eigenvalue weighted by molar-refractivity contribution is 7.15. The fourth-order valence-electron chi connectivity index (χ4n) is 8.30. The van der Waals surface area contributed by atoms with Gasteiger partial charge >= 0.3 is 5.97 Å². The highest BCUT2D eigenvalue weighted by Gasteiger charge is 2.51. The zero-order chi connectivity index (χ0) is 32.7. The Labute approximate surface area is 277 Å². The minimum Gasteiger partial charge on any atom is -0.496 e. The number of methoxy groups -OCH3 is 1. The summed E-state index contributed by atoms with van der Waals surface area (Å²) >= 11 is 1.70. The third-order valence-corrected chi connectivity index (χ3v) is 12.8. The molecular weight excluding hydrogens is 595 g/mol. The van der Waals surface area contributed by atoms with Gasteiger partial charge in [0, 0.05) is 36.7 Å². The number of pyridine rings is 1. The van der Waals surface area contributed by atoms with E-state index in [1.165, 1.54) is 11.1 Å². The topological polar surface area (TPSA) is 92.6 Å². The van der Waals surface area contributed by atoms with Crippen molar-refractivity contribution >= 4 is 29.0 Å². The summed E-state index contributed by atoms with van der Waals surface area (Å²) in [6.07, 6.45) is 13.7. The quantitative estimate of drug-likeness (QED) is 0.251. The van der Waals surface area contributed by atoms with Gasteiger partial charge in [0.1, 0.15) is 11.6 Å². The average Bonchev–Trinajstić information content (AvgIpc) is 3.56. The molecule has 7 nitrogen and oxygen atoms in total. The maximum Gasteiger partial charge on any atom is 0.303 e. The molecule has 0 saturated heterocycles. The molecule has 4 saturated carbocycles. The van der Waals surface area contributed by atoms with Gasteiger partial charge in [-0.2, -0.15) is 0 Å². The minimum absolute atomic E-state index is 0.0267. The molecule has 2 bridgehead atoms. The fraction of sp³-hybridized carbons (Fsp3) is 0.579. The van der Waals surface area contributed by atoms with Crippen molar-refractivity contribution in [2.75, 3.05) is 18.6 Å². The van der Waals surface area contributed by atoms with Crippen LogP contribution in [0.4, 0.5) is 5.82 Å². The van der Waals surface area contributed by atoms with Crippen LogP contribution in [0.3, 0.4) is 0 Å². The van der Waals surface area contributed by atoms with E-state index in [1.807, 2.05) is 23.4 Å². The fourth-order valence-corrected chi connectivity index (χ4v) is 9.27. The standard InChI is InChI=1S/C38H49N3O4S/c1-25-20-29(10-11-30(25)45-5)38-16-13-37(14-17-38,15-18-38)24-41(34(44)27-8-6-26(7-9-27)21-33(42)43)32-22-28(12-19-39-32)31-23-40-35(46-31)36(2,3)4/h10-12,19-20,22-23,26-27H,6-9,13-18,21,24H2,1-5H3,(H,42,43). The first-order valence-electron chi connectivity index (χ1n) is 17.0. The monoisotopic (exact) mass is 643 g/mol. The van der Waals surface area contributed by atoms with Gasteiger partial charge in [-0.1, -0.05) is 32.9 Å². The molecule has 46 heavy (non-hydrogen) atoms. The van der Waals surface area contributed by atoms with Crippen LogP contribution >= 0.6 is 11.3 Å². The largest absolute Gasteiger partial charge is 0.496 e. The van der Waals surface area contributed by atoms with E-state index in [1.54, 1.807) is 18.4 Å². The Morgan fingerprint density at radius 2 is 1.70 bits per heavy atom. The summed E-state index contributed by atoms with van der Waals surface area (Å²) in [5.74, 6) is 1.13. The molecule has 2 aromatic heterocycles. The van der Waals surface area contributed by atoms with E-state index >= 15 is 0 Å². The molecule has 1 aromatic carbocycles. The van der Waals surface area contributed by atoms with E-state index in [4.69, 9.17) is 14.7 Å². The van der Waals surface area contributed by atoms with E-state index in [0.29, 0.717) is 6.54 Å². The van der Waals surface area contributed by atoms with Crippen LogP contribution in [-0.4, -0.2) is 40.6 Å². The molecule has 4 aliphatic carbocycles. The lowest BCUT2D eigenvalue weighted by Crippen LogP contribution is -2.52. The SMILES string of the molecule is COc1ccc(C23CCC(CN(C(=O)C4CCC(CC(=O)O)CC4)c4cc(-c5cnc(C(C)(C)C)s5)ccn4)(CC2)CC3)cc1C. The zero-order valence-electron chi connectivity index (χ0n) is 28.1. The molecule has 0 aliphatic heterocycles. The van der Waals surface area contributed by atoms with Crippen LogP contribution in [0.15, 0.2) is 42.7 Å². The van der Waals surface area contributed by atoms with E-state index in [2.05, 4.69) is 52.0 Å². The lowest BCUT2D eigenvalue weighted by atomic mass is 9.51. The number of ether oxygens (including phenoxy) is 1. The summed E-state index contributed by atoms with van der Waals surface area (Å²) in [7, 11) is 1.73. The van der Waals surface area contributed by atoms with Crippen LogP contribution in [0.25, 0.3) is 10.4 Å². The van der Waals surface area contributed by atoms with Gasteiger partial charge in [0.05, 0.1) is 17.0 Å². The Kier molecular flexibility index (Phi) is 9.05. The van der Waals surface area contributed by atoms with E-state index in [9.17, 15) is 14.7 Å². The molecule has 0 radical (unpaired) electrons. The van der Waals surface area contributed by atoms with Gasteiger partial charge in [-0.3, -0.25) is 14.5 Å². The number of anilines is 1. The number of aryl methyl sites for hydroxylation is 1. The summed E-state index contributed by atoms with van der Waals surface area (Å²) in [5, 5.41) is 10.4. The number of aliphatic carboxylic acids is 1. The molecule has 7 rings (SSSR count). The van der Waals surface area contributed by atoms with Crippen LogP contribution in [0, 0.1) is 24.2 Å². The van der Waals surface area contributed by atoms with Crippen LogP contribution in [0.5, 0.6) is 5.75 Å². The maximum atomic E-state index is 14.5. The predicted octanol–water partition coefficient (Wildman–Crippen LogP) is 8.73. The molecule has 3 aromatic rings. The van der Waals surface area contributed by atoms with Gasteiger partial charge < -0.3 is 9.84 Å². The summed E-state index contributed by atoms with van der Waals surface area (Å²) in [6, 6.07) is 10.8. The summed E-state index contributed by atoms with van der Waals surface area (Å²) in [6.45, 7) is 9.35. The predicted molar refractivity (Wildman–Crippen MR) is 184 cm³/mol. The van der Waals surface area contributed by atoms with Crippen molar-refractivity contribution in [2.24, 2.45) is 17.3 Å². The molecule has 0 unspecified atom stereocenters. The molecule has 2 heterocycles. The van der Waals surface area contributed by atoms with Crippen molar-refractivity contribution in [3.8, 4) is 16.2 Å². The first-order valence-corrected chi connectivity index (χ1v) is 17.8. The van der Waals surface area contributed by atoms with Crippen molar-refractivity contribution in [1.82, 2.24) is 9.97 Å². The van der Waals surface area contributed by atoms with Gasteiger partial charge in [0.15, 0.2) is 0 Å². The number of amides is 1. The van der Waals surface area contributed by atoms with Crippen molar-refractivity contribution in [1.29, 1.82) is 0 Å². The highest BCUT2D eigenvalue weighted by Crippen LogP contribution is 2.58. The molecule has 4 aliphatic rings. The smallest absolute Gasteiger partial charge is 0.303 e. The summed E-state index contributed by atoms with van der Waals surface area (Å²) in [4.78, 5) is 38.5. The number of aromatic nitrogens is 2. The number of fused-ring (bicyclic) bond motifs is 3. The lowest BCUT2D eigenvalue weighted by molar-refractivity contribution is -0.138. The van der Waals surface area contributed by atoms with Gasteiger partial charge in [-0.05, 0) is 123 Å². The number of hydrogen-bond acceptors (Lipinski definition) is 6. The second-order valence-electron chi connectivity index (χ2n) is 15.4. The van der Waals surface area contributed by atoms with Crippen molar-refractivity contribution in [3.63, 3.8) is 0 Å². The second-order valence-corrected chi connectivity index (χ2v) is 16.4.